The summed E-state index contributed by atoms with van der Waals surface area (Å²) in [7, 11) is 0. The van der Waals surface area contributed by atoms with Crippen LogP contribution in [0.15, 0.2) is 6.20 Å². The highest BCUT2D eigenvalue weighted by Gasteiger charge is 1.96. The number of aryl methyl sites for hydroxylation is 1. The van der Waals surface area contributed by atoms with Gasteiger partial charge in [0.15, 0.2) is 0 Å². The molecule has 3 N–H and O–H groups in total. The molecule has 0 atom stereocenters. The van der Waals surface area contributed by atoms with Gasteiger partial charge in [0.05, 0.1) is 5.69 Å². The van der Waals surface area contributed by atoms with Crippen LogP contribution in [-0.4, -0.2) is 26.7 Å². The Morgan fingerprint density at radius 3 is 3.00 bits per heavy atom. The minimum atomic E-state index is 0.178. The highest BCUT2D eigenvalue weighted by molar-refractivity contribution is 4.90. The molecule has 0 unspecified atom stereocenters. The van der Waals surface area contributed by atoms with Crippen molar-refractivity contribution in [1.29, 1.82) is 0 Å². The number of nitrogens with zero attached hydrogens (tertiary/aromatic N) is 3. The molecule has 0 radical (unpaired) electrons. The molecule has 11 heavy (non-hydrogen) atoms. The lowest BCUT2D eigenvalue weighted by molar-refractivity contribution is 0.276. The number of aliphatic hydroxyl groups excluding tert-OH is 1. The van der Waals surface area contributed by atoms with Gasteiger partial charge in [-0.1, -0.05) is 5.21 Å². The molecule has 0 aliphatic rings. The van der Waals surface area contributed by atoms with E-state index in [1.54, 1.807) is 10.9 Å². The summed E-state index contributed by atoms with van der Waals surface area (Å²) in [6.45, 7) is 1.29. The lowest BCUT2D eigenvalue weighted by Crippen LogP contribution is -2.00. The maximum Gasteiger partial charge on any atom is 0.0962 e. The highest BCUT2D eigenvalue weighted by atomic mass is 16.3. The molecule has 62 valence electrons. The standard InChI is InChI=1S/C6H12N4O/c7-4-6-5-10(9-8-6)2-1-3-11/h5,11H,1-4,7H2. The fourth-order valence-corrected chi connectivity index (χ4v) is 0.774. The first-order valence-electron chi connectivity index (χ1n) is 3.56. The average Bonchev–Trinajstić information content (AvgIpc) is 2.48. The molecule has 0 aliphatic heterocycles. The van der Waals surface area contributed by atoms with E-state index in [1.165, 1.54) is 0 Å². The minimum Gasteiger partial charge on any atom is -0.396 e. The molecular formula is C6H12N4O. The van der Waals surface area contributed by atoms with Crippen molar-refractivity contribution in [2.75, 3.05) is 6.61 Å². The average molecular weight is 156 g/mol. The van der Waals surface area contributed by atoms with Crippen LogP contribution in [0.3, 0.4) is 0 Å². The van der Waals surface area contributed by atoms with Gasteiger partial charge >= 0.3 is 0 Å². The van der Waals surface area contributed by atoms with E-state index in [0.29, 0.717) is 19.5 Å². The van der Waals surface area contributed by atoms with Crippen LogP contribution < -0.4 is 5.73 Å². The van der Waals surface area contributed by atoms with Gasteiger partial charge in [0.25, 0.3) is 0 Å². The van der Waals surface area contributed by atoms with E-state index >= 15 is 0 Å². The van der Waals surface area contributed by atoms with Crippen LogP contribution in [0, 0.1) is 0 Å². The van der Waals surface area contributed by atoms with Crippen molar-refractivity contribution < 1.29 is 5.11 Å². The summed E-state index contributed by atoms with van der Waals surface area (Å²) in [5.74, 6) is 0. The first-order chi connectivity index (χ1) is 5.36. The molecule has 0 fully saturated rings. The van der Waals surface area contributed by atoms with E-state index < -0.39 is 0 Å². The predicted octanol–water partition coefficient (Wildman–Crippen LogP) is -0.881. The van der Waals surface area contributed by atoms with Gasteiger partial charge in [-0.2, -0.15) is 0 Å². The molecule has 5 nitrogen and oxygen atoms in total. The van der Waals surface area contributed by atoms with Crippen LogP contribution in [0.4, 0.5) is 0 Å². The Kier molecular flexibility index (Phi) is 3.00. The molecule has 0 aliphatic carbocycles. The van der Waals surface area contributed by atoms with E-state index in [4.69, 9.17) is 10.8 Å². The Bertz CT molecular complexity index is 210. The van der Waals surface area contributed by atoms with Crippen LogP contribution in [0.5, 0.6) is 0 Å². The van der Waals surface area contributed by atoms with Crippen molar-refractivity contribution in [3.8, 4) is 0 Å². The number of nitrogens with two attached hydrogens (primary N) is 1. The van der Waals surface area contributed by atoms with Gasteiger partial charge < -0.3 is 10.8 Å². The van der Waals surface area contributed by atoms with Gasteiger partial charge in [-0.3, -0.25) is 4.68 Å². The third-order valence-electron chi connectivity index (χ3n) is 1.34. The third-order valence-corrected chi connectivity index (χ3v) is 1.34. The second kappa shape index (κ2) is 4.05. The second-order valence-corrected chi connectivity index (χ2v) is 2.25. The van der Waals surface area contributed by atoms with Crippen molar-refractivity contribution in [3.05, 3.63) is 11.9 Å². The lowest BCUT2D eigenvalue weighted by Gasteiger charge is -1.94. The number of rotatable bonds is 4. The molecule has 0 aromatic carbocycles. The summed E-state index contributed by atoms with van der Waals surface area (Å²) in [5, 5.41) is 16.1. The number of hydrogen-bond donors (Lipinski definition) is 2. The molecule has 1 aromatic rings. The summed E-state index contributed by atoms with van der Waals surface area (Å²) in [4.78, 5) is 0. The normalized spacial score (nSPS) is 10.4. The fraction of sp³-hybridized carbons (Fsp3) is 0.667. The monoisotopic (exact) mass is 156 g/mol. The Morgan fingerprint density at radius 2 is 2.45 bits per heavy atom. The van der Waals surface area contributed by atoms with Gasteiger partial charge in [-0.15, -0.1) is 5.10 Å². The molecule has 0 spiro atoms. The molecular weight excluding hydrogens is 144 g/mol. The maximum absolute atomic E-state index is 8.51. The Hall–Kier alpha value is -0.940. The predicted molar refractivity (Wildman–Crippen MR) is 39.6 cm³/mol. The highest BCUT2D eigenvalue weighted by Crippen LogP contribution is 1.92. The topological polar surface area (TPSA) is 77.0 Å². The van der Waals surface area contributed by atoms with Crippen molar-refractivity contribution in [2.24, 2.45) is 5.73 Å². The van der Waals surface area contributed by atoms with Gasteiger partial charge in [0, 0.05) is 25.9 Å². The van der Waals surface area contributed by atoms with Crippen molar-refractivity contribution in [1.82, 2.24) is 15.0 Å². The van der Waals surface area contributed by atoms with E-state index in [-0.39, 0.29) is 6.61 Å². The van der Waals surface area contributed by atoms with Gasteiger partial charge in [-0.25, -0.2) is 0 Å². The van der Waals surface area contributed by atoms with Gasteiger partial charge in [0.1, 0.15) is 0 Å². The van der Waals surface area contributed by atoms with Crippen LogP contribution >= 0.6 is 0 Å². The zero-order valence-electron chi connectivity index (χ0n) is 6.27. The van der Waals surface area contributed by atoms with Crippen molar-refractivity contribution in [3.63, 3.8) is 0 Å². The maximum atomic E-state index is 8.51. The Labute approximate surface area is 64.8 Å². The molecule has 0 saturated carbocycles. The zero-order chi connectivity index (χ0) is 8.10. The molecule has 1 aromatic heterocycles. The van der Waals surface area contributed by atoms with Crippen LogP contribution in [0.25, 0.3) is 0 Å². The molecule has 0 saturated heterocycles. The molecule has 0 amide bonds. The largest absolute Gasteiger partial charge is 0.396 e. The molecule has 5 heteroatoms. The quantitative estimate of drug-likeness (QED) is 0.593. The van der Waals surface area contributed by atoms with E-state index in [9.17, 15) is 0 Å². The zero-order valence-corrected chi connectivity index (χ0v) is 6.27. The third kappa shape index (κ3) is 2.28. The van der Waals surface area contributed by atoms with Crippen LogP contribution in [-0.2, 0) is 13.1 Å². The van der Waals surface area contributed by atoms with Crippen LogP contribution in [0.1, 0.15) is 12.1 Å². The molecule has 0 bridgehead atoms. The van der Waals surface area contributed by atoms with Crippen LogP contribution in [0.2, 0.25) is 0 Å². The SMILES string of the molecule is NCc1cn(CCCO)nn1. The molecule has 1 rings (SSSR count). The molecule has 1 heterocycles. The van der Waals surface area contributed by atoms with E-state index in [0.717, 1.165) is 5.69 Å². The van der Waals surface area contributed by atoms with Gasteiger partial charge in [0.2, 0.25) is 0 Å². The fourth-order valence-electron chi connectivity index (χ4n) is 0.774. The van der Waals surface area contributed by atoms with Crippen molar-refractivity contribution >= 4 is 0 Å². The summed E-state index contributed by atoms with van der Waals surface area (Å²) >= 11 is 0. The summed E-state index contributed by atoms with van der Waals surface area (Å²) in [6, 6.07) is 0. The number of aliphatic hydroxyl groups is 1. The summed E-state index contributed by atoms with van der Waals surface area (Å²) < 4.78 is 1.68. The van der Waals surface area contributed by atoms with Gasteiger partial charge in [-0.05, 0) is 6.42 Å². The minimum absolute atomic E-state index is 0.178. The summed E-state index contributed by atoms with van der Waals surface area (Å²) in [6.07, 6.45) is 2.49. The first kappa shape index (κ1) is 8.16. The second-order valence-electron chi connectivity index (χ2n) is 2.25. The smallest absolute Gasteiger partial charge is 0.0962 e. The number of hydrogen-bond acceptors (Lipinski definition) is 4. The first-order valence-corrected chi connectivity index (χ1v) is 3.56. The van der Waals surface area contributed by atoms with Crippen molar-refractivity contribution in [2.45, 2.75) is 19.5 Å². The van der Waals surface area contributed by atoms with E-state index in [2.05, 4.69) is 10.3 Å². The Balaban J connectivity index is 2.44. The number of aromatic nitrogens is 3. The summed E-state index contributed by atoms with van der Waals surface area (Å²) in [5.41, 5.74) is 6.11. The van der Waals surface area contributed by atoms with E-state index in [1.807, 2.05) is 0 Å². The lowest BCUT2D eigenvalue weighted by atomic mass is 10.4. The Morgan fingerprint density at radius 1 is 1.64 bits per heavy atom.